The Hall–Kier alpha value is -2.34. The summed E-state index contributed by atoms with van der Waals surface area (Å²) in [7, 11) is 0. The van der Waals surface area contributed by atoms with Crippen LogP contribution in [0, 0.1) is 0 Å². The van der Waals surface area contributed by atoms with E-state index in [0.29, 0.717) is 6.54 Å². The topological polar surface area (TPSA) is 57.5 Å². The zero-order valence-corrected chi connectivity index (χ0v) is 17.0. The molecule has 1 aromatic heterocycles. The maximum absolute atomic E-state index is 4.78. The maximum Gasteiger partial charge on any atom is 0.191 e. The Labute approximate surface area is 163 Å². The summed E-state index contributed by atoms with van der Waals surface area (Å²) < 4.78 is 1.94. The third-order valence-corrected chi connectivity index (χ3v) is 4.60. The number of aromatic nitrogens is 2. The lowest BCUT2D eigenvalue weighted by molar-refractivity contribution is 0.300. The van der Waals surface area contributed by atoms with Crippen molar-refractivity contribution in [1.29, 1.82) is 0 Å². The fourth-order valence-corrected chi connectivity index (χ4v) is 2.99. The molecule has 0 amide bonds. The van der Waals surface area contributed by atoms with Crippen LogP contribution in [0.3, 0.4) is 0 Å². The number of nitrogens with zero attached hydrogens (tertiary/aromatic N) is 4. The summed E-state index contributed by atoms with van der Waals surface area (Å²) >= 11 is 0. The largest absolute Gasteiger partial charge is 0.357 e. The Morgan fingerprint density at radius 3 is 2.52 bits per heavy atom. The second-order valence-electron chi connectivity index (χ2n) is 6.47. The Morgan fingerprint density at radius 1 is 1.07 bits per heavy atom. The van der Waals surface area contributed by atoms with Crippen LogP contribution in [0.15, 0.2) is 47.7 Å². The van der Waals surface area contributed by atoms with Crippen LogP contribution in [0.4, 0.5) is 0 Å². The van der Waals surface area contributed by atoms with E-state index in [2.05, 4.69) is 65.7 Å². The van der Waals surface area contributed by atoms with Gasteiger partial charge >= 0.3 is 0 Å². The van der Waals surface area contributed by atoms with Gasteiger partial charge in [0.2, 0.25) is 0 Å². The standard InChI is InChI=1S/C21H34N6/c1-4-22-21(23-13-9-15-26(5-2)6-3)24-17-19-11-7-8-12-20(19)18-27-16-10-14-25-27/h7-8,10-12,14,16H,4-6,9,13,15,17-18H2,1-3H3,(H2,22,23,24). The number of hydrogen-bond donors (Lipinski definition) is 2. The molecule has 0 unspecified atom stereocenters. The summed E-state index contributed by atoms with van der Waals surface area (Å²) in [4.78, 5) is 7.22. The minimum Gasteiger partial charge on any atom is -0.357 e. The summed E-state index contributed by atoms with van der Waals surface area (Å²) in [6, 6.07) is 10.4. The maximum atomic E-state index is 4.78. The van der Waals surface area contributed by atoms with Crippen LogP contribution in [0.2, 0.25) is 0 Å². The highest BCUT2D eigenvalue weighted by atomic mass is 15.3. The molecule has 0 aliphatic rings. The molecule has 148 valence electrons. The van der Waals surface area contributed by atoms with Gasteiger partial charge in [-0.1, -0.05) is 38.1 Å². The Kier molecular flexibility index (Phi) is 9.41. The van der Waals surface area contributed by atoms with Gasteiger partial charge in [-0.2, -0.15) is 5.10 Å². The predicted molar refractivity (Wildman–Crippen MR) is 113 cm³/mol. The van der Waals surface area contributed by atoms with E-state index in [-0.39, 0.29) is 0 Å². The molecule has 0 bridgehead atoms. The zero-order chi connectivity index (χ0) is 19.3. The van der Waals surface area contributed by atoms with E-state index in [1.807, 2.05) is 23.1 Å². The molecular formula is C21H34N6. The summed E-state index contributed by atoms with van der Waals surface area (Å²) in [5.41, 5.74) is 2.48. The van der Waals surface area contributed by atoms with Crippen LogP contribution in [0.25, 0.3) is 0 Å². The highest BCUT2D eigenvalue weighted by Gasteiger charge is 2.04. The van der Waals surface area contributed by atoms with E-state index in [9.17, 15) is 0 Å². The van der Waals surface area contributed by atoms with Crippen LogP contribution < -0.4 is 10.6 Å². The normalized spacial score (nSPS) is 11.8. The van der Waals surface area contributed by atoms with E-state index >= 15 is 0 Å². The van der Waals surface area contributed by atoms with Gasteiger partial charge in [0.25, 0.3) is 0 Å². The van der Waals surface area contributed by atoms with E-state index in [1.54, 1.807) is 0 Å². The van der Waals surface area contributed by atoms with Gasteiger partial charge in [0.05, 0.1) is 13.1 Å². The first-order chi connectivity index (χ1) is 13.3. The lowest BCUT2D eigenvalue weighted by Gasteiger charge is -2.18. The average molecular weight is 371 g/mol. The summed E-state index contributed by atoms with van der Waals surface area (Å²) in [5.74, 6) is 0.880. The third kappa shape index (κ3) is 7.43. The number of benzene rings is 1. The lowest BCUT2D eigenvalue weighted by atomic mass is 10.1. The quantitative estimate of drug-likeness (QED) is 0.363. The second-order valence-corrected chi connectivity index (χ2v) is 6.47. The highest BCUT2D eigenvalue weighted by Crippen LogP contribution is 2.11. The second kappa shape index (κ2) is 12.1. The van der Waals surface area contributed by atoms with Crippen molar-refractivity contribution in [1.82, 2.24) is 25.3 Å². The number of nitrogens with one attached hydrogen (secondary N) is 2. The van der Waals surface area contributed by atoms with E-state index in [0.717, 1.165) is 51.6 Å². The molecule has 6 heteroatoms. The molecule has 1 aromatic carbocycles. The molecule has 1 heterocycles. The number of aliphatic imine (C=N–C) groups is 1. The molecule has 6 nitrogen and oxygen atoms in total. The molecule has 0 saturated heterocycles. The van der Waals surface area contributed by atoms with Gasteiger partial charge in [-0.25, -0.2) is 4.99 Å². The first-order valence-electron chi connectivity index (χ1n) is 10.1. The van der Waals surface area contributed by atoms with Crippen molar-refractivity contribution in [2.75, 3.05) is 32.7 Å². The molecule has 0 radical (unpaired) electrons. The molecule has 0 fully saturated rings. The Morgan fingerprint density at radius 2 is 1.85 bits per heavy atom. The van der Waals surface area contributed by atoms with E-state index < -0.39 is 0 Å². The first kappa shape index (κ1) is 21.0. The van der Waals surface area contributed by atoms with Crippen molar-refractivity contribution < 1.29 is 0 Å². The zero-order valence-electron chi connectivity index (χ0n) is 17.0. The molecule has 0 spiro atoms. The van der Waals surface area contributed by atoms with Crippen LogP contribution in [-0.4, -0.2) is 53.4 Å². The molecule has 0 saturated carbocycles. The van der Waals surface area contributed by atoms with Gasteiger partial charge in [-0.3, -0.25) is 4.68 Å². The van der Waals surface area contributed by atoms with Crippen LogP contribution in [0.1, 0.15) is 38.3 Å². The monoisotopic (exact) mass is 370 g/mol. The summed E-state index contributed by atoms with van der Waals surface area (Å²) in [6.45, 7) is 13.1. The van der Waals surface area contributed by atoms with Crippen molar-refractivity contribution in [3.63, 3.8) is 0 Å². The van der Waals surface area contributed by atoms with Crippen molar-refractivity contribution in [2.45, 2.75) is 40.3 Å². The van der Waals surface area contributed by atoms with Gasteiger partial charge in [-0.05, 0) is 50.2 Å². The van der Waals surface area contributed by atoms with Gasteiger partial charge in [0.1, 0.15) is 0 Å². The minimum absolute atomic E-state index is 0.656. The lowest BCUT2D eigenvalue weighted by Crippen LogP contribution is -2.38. The van der Waals surface area contributed by atoms with Crippen LogP contribution in [-0.2, 0) is 13.1 Å². The third-order valence-electron chi connectivity index (χ3n) is 4.60. The van der Waals surface area contributed by atoms with Crippen LogP contribution in [0.5, 0.6) is 0 Å². The summed E-state index contributed by atoms with van der Waals surface area (Å²) in [5, 5.41) is 11.1. The van der Waals surface area contributed by atoms with Crippen molar-refractivity contribution in [3.8, 4) is 0 Å². The number of guanidine groups is 1. The summed E-state index contributed by atoms with van der Waals surface area (Å²) in [6.07, 6.45) is 4.91. The van der Waals surface area contributed by atoms with Gasteiger partial charge < -0.3 is 15.5 Å². The molecule has 2 aromatic rings. The molecule has 0 aliphatic carbocycles. The fraction of sp³-hybridized carbons (Fsp3) is 0.524. The fourth-order valence-electron chi connectivity index (χ4n) is 2.99. The first-order valence-corrected chi connectivity index (χ1v) is 10.1. The van der Waals surface area contributed by atoms with Gasteiger partial charge in [-0.15, -0.1) is 0 Å². The van der Waals surface area contributed by atoms with E-state index in [4.69, 9.17) is 4.99 Å². The average Bonchev–Trinajstić information content (AvgIpc) is 3.20. The SMILES string of the molecule is CCNC(=NCc1ccccc1Cn1cccn1)NCCCN(CC)CC. The van der Waals surface area contributed by atoms with Gasteiger partial charge in [0, 0.05) is 25.5 Å². The number of rotatable bonds is 11. The van der Waals surface area contributed by atoms with Gasteiger partial charge in [0.15, 0.2) is 5.96 Å². The van der Waals surface area contributed by atoms with Crippen molar-refractivity contribution in [3.05, 3.63) is 53.9 Å². The highest BCUT2D eigenvalue weighted by molar-refractivity contribution is 5.79. The molecule has 2 N–H and O–H groups in total. The number of hydrogen-bond acceptors (Lipinski definition) is 3. The molecule has 0 atom stereocenters. The predicted octanol–water partition coefficient (Wildman–Crippen LogP) is 2.72. The van der Waals surface area contributed by atoms with Crippen molar-refractivity contribution >= 4 is 5.96 Å². The minimum atomic E-state index is 0.656. The smallest absolute Gasteiger partial charge is 0.191 e. The molecule has 0 aliphatic heterocycles. The Bertz CT molecular complexity index is 661. The molecule has 2 rings (SSSR count). The molecular weight excluding hydrogens is 336 g/mol. The van der Waals surface area contributed by atoms with E-state index in [1.165, 1.54) is 11.1 Å². The van der Waals surface area contributed by atoms with Crippen molar-refractivity contribution in [2.24, 2.45) is 4.99 Å². The Balaban J connectivity index is 1.92. The van der Waals surface area contributed by atoms with Crippen LogP contribution >= 0.6 is 0 Å². The molecule has 27 heavy (non-hydrogen) atoms.